The van der Waals surface area contributed by atoms with Crippen molar-refractivity contribution in [3.05, 3.63) is 35.9 Å². The summed E-state index contributed by atoms with van der Waals surface area (Å²) >= 11 is 0. The van der Waals surface area contributed by atoms with Crippen LogP contribution in [0.25, 0.3) is 0 Å². The van der Waals surface area contributed by atoms with Crippen LogP contribution in [-0.2, 0) is 9.47 Å². The highest BCUT2D eigenvalue weighted by molar-refractivity contribution is 5.75. The van der Waals surface area contributed by atoms with Gasteiger partial charge < -0.3 is 25.0 Å². The zero-order valence-corrected chi connectivity index (χ0v) is 18.5. The summed E-state index contributed by atoms with van der Waals surface area (Å²) in [6, 6.07) is 10.5. The summed E-state index contributed by atoms with van der Waals surface area (Å²) in [5.74, 6) is 0.601. The number of amides is 3. The molecule has 0 unspecified atom stereocenters. The summed E-state index contributed by atoms with van der Waals surface area (Å²) in [4.78, 5) is 26.7. The number of carbonyl (C=O) groups is 2. The quantitative estimate of drug-likeness (QED) is 0.746. The molecule has 2 atom stereocenters. The predicted molar refractivity (Wildman–Crippen MR) is 118 cm³/mol. The molecule has 3 amide bonds. The van der Waals surface area contributed by atoms with E-state index in [4.69, 9.17) is 9.47 Å². The molecule has 1 aromatic carbocycles. The molecule has 1 aromatic rings. The van der Waals surface area contributed by atoms with Crippen molar-refractivity contribution in [2.75, 3.05) is 26.3 Å². The number of alkyl carbamates (subject to hydrolysis) is 1. The van der Waals surface area contributed by atoms with Gasteiger partial charge in [0.2, 0.25) is 0 Å². The maximum atomic E-state index is 12.8. The smallest absolute Gasteiger partial charge is 0.407 e. The van der Waals surface area contributed by atoms with Crippen LogP contribution in [0.1, 0.15) is 63.4 Å². The molecule has 0 aromatic heterocycles. The molecule has 31 heavy (non-hydrogen) atoms. The molecule has 7 heteroatoms. The minimum Gasteiger partial charge on any atom is -0.449 e. The Kier molecular flexibility index (Phi) is 7.00. The summed E-state index contributed by atoms with van der Waals surface area (Å²) in [7, 11) is 0. The largest absolute Gasteiger partial charge is 0.449 e. The molecule has 4 rings (SSSR count). The lowest BCUT2D eigenvalue weighted by molar-refractivity contribution is -0.0525. The van der Waals surface area contributed by atoms with Crippen molar-refractivity contribution >= 4 is 12.1 Å². The van der Waals surface area contributed by atoms with Gasteiger partial charge in [0, 0.05) is 19.5 Å². The number of piperidine rings is 1. The monoisotopic (exact) mass is 429 g/mol. The summed E-state index contributed by atoms with van der Waals surface area (Å²) in [6.45, 7) is 4.00. The topological polar surface area (TPSA) is 79.9 Å². The number of hydrogen-bond acceptors (Lipinski definition) is 4. The van der Waals surface area contributed by atoms with Gasteiger partial charge in [-0.25, -0.2) is 9.59 Å². The van der Waals surface area contributed by atoms with Gasteiger partial charge in [0.05, 0.1) is 30.9 Å². The minimum absolute atomic E-state index is 0.0799. The van der Waals surface area contributed by atoms with Gasteiger partial charge in [-0.3, -0.25) is 0 Å². The summed E-state index contributed by atoms with van der Waals surface area (Å²) in [5.41, 5.74) is 0.944. The normalized spacial score (nSPS) is 31.1. The molecular formula is C24H35N3O4. The first-order chi connectivity index (χ1) is 15.1. The van der Waals surface area contributed by atoms with Crippen LogP contribution in [0.4, 0.5) is 9.59 Å². The van der Waals surface area contributed by atoms with Gasteiger partial charge >= 0.3 is 12.1 Å². The van der Waals surface area contributed by atoms with E-state index in [0.717, 1.165) is 38.5 Å². The highest BCUT2D eigenvalue weighted by atomic mass is 16.6. The van der Waals surface area contributed by atoms with Crippen LogP contribution >= 0.6 is 0 Å². The van der Waals surface area contributed by atoms with Crippen molar-refractivity contribution in [2.24, 2.45) is 0 Å². The second kappa shape index (κ2) is 9.90. The van der Waals surface area contributed by atoms with Crippen LogP contribution in [-0.4, -0.2) is 61.0 Å². The highest BCUT2D eigenvalue weighted by Crippen LogP contribution is 2.36. The molecule has 1 aliphatic carbocycles. The molecular weight excluding hydrogens is 394 g/mol. The van der Waals surface area contributed by atoms with Crippen molar-refractivity contribution in [3.8, 4) is 0 Å². The Morgan fingerprint density at radius 3 is 2.71 bits per heavy atom. The average molecular weight is 430 g/mol. The predicted octanol–water partition coefficient (Wildman–Crippen LogP) is 3.79. The Morgan fingerprint density at radius 2 is 2.00 bits per heavy atom. The minimum atomic E-state index is -0.472. The number of hydrogen-bond donors (Lipinski definition) is 2. The Labute approximate surface area is 184 Å². The zero-order valence-electron chi connectivity index (χ0n) is 18.5. The van der Waals surface area contributed by atoms with Crippen molar-refractivity contribution in [2.45, 2.75) is 75.5 Å². The van der Waals surface area contributed by atoms with Crippen molar-refractivity contribution in [1.82, 2.24) is 15.5 Å². The third-order valence-corrected chi connectivity index (χ3v) is 7.19. The first kappa shape index (κ1) is 21.9. The Morgan fingerprint density at radius 1 is 1.23 bits per heavy atom. The van der Waals surface area contributed by atoms with E-state index in [9.17, 15) is 9.59 Å². The second-order valence-corrected chi connectivity index (χ2v) is 9.03. The highest BCUT2D eigenvalue weighted by Gasteiger charge is 2.49. The fourth-order valence-electron chi connectivity index (χ4n) is 5.51. The molecule has 3 fully saturated rings. The number of urea groups is 1. The molecule has 0 bridgehead atoms. The van der Waals surface area contributed by atoms with Crippen LogP contribution in [0, 0.1) is 0 Å². The molecule has 0 radical (unpaired) electrons. The number of benzene rings is 1. The Balaban J connectivity index is 1.40. The van der Waals surface area contributed by atoms with E-state index in [1.807, 2.05) is 11.8 Å². The molecule has 2 N–H and O–H groups in total. The Hall–Kier alpha value is -2.28. The maximum Gasteiger partial charge on any atom is 0.407 e. The van der Waals surface area contributed by atoms with E-state index in [2.05, 4.69) is 41.0 Å². The van der Waals surface area contributed by atoms with Gasteiger partial charge in [-0.15, -0.1) is 0 Å². The summed E-state index contributed by atoms with van der Waals surface area (Å²) < 4.78 is 11.5. The fourth-order valence-corrected chi connectivity index (χ4v) is 5.51. The van der Waals surface area contributed by atoms with Crippen LogP contribution in [0.3, 0.4) is 0 Å². The van der Waals surface area contributed by atoms with Crippen molar-refractivity contribution < 1.29 is 19.1 Å². The molecule has 2 heterocycles. The van der Waals surface area contributed by atoms with E-state index >= 15 is 0 Å². The van der Waals surface area contributed by atoms with E-state index in [1.54, 1.807) is 0 Å². The third-order valence-electron chi connectivity index (χ3n) is 7.19. The molecule has 7 nitrogen and oxygen atoms in total. The molecule has 2 aliphatic heterocycles. The molecule has 3 aliphatic rings. The number of nitrogens with one attached hydrogen (secondary N) is 2. The SMILES string of the molecule is CCNC(=O)N1CCC[C@]2(CCOC(=O)N2)[C@H]1COC1CCC(c2ccccc2)CC1. The number of likely N-dealkylation sites (tertiary alicyclic amines) is 1. The second-order valence-electron chi connectivity index (χ2n) is 9.03. The van der Waals surface area contributed by atoms with E-state index in [1.165, 1.54) is 5.56 Å². The van der Waals surface area contributed by atoms with Gasteiger partial charge in [0.1, 0.15) is 0 Å². The Bertz CT molecular complexity index is 746. The lowest BCUT2D eigenvalue weighted by atomic mass is 9.78. The summed E-state index contributed by atoms with van der Waals surface area (Å²) in [5, 5.41) is 5.99. The number of carbonyl (C=O) groups excluding carboxylic acids is 2. The number of ether oxygens (including phenoxy) is 2. The van der Waals surface area contributed by atoms with Crippen molar-refractivity contribution in [1.29, 1.82) is 0 Å². The average Bonchev–Trinajstić information content (AvgIpc) is 2.79. The van der Waals surface area contributed by atoms with Crippen LogP contribution in [0.5, 0.6) is 0 Å². The fraction of sp³-hybridized carbons (Fsp3) is 0.667. The van der Waals surface area contributed by atoms with Gasteiger partial charge in [0.15, 0.2) is 0 Å². The molecule has 170 valence electrons. The lowest BCUT2D eigenvalue weighted by Gasteiger charge is -2.51. The number of nitrogens with zero attached hydrogens (tertiary/aromatic N) is 1. The van der Waals surface area contributed by atoms with Gasteiger partial charge in [0.25, 0.3) is 0 Å². The molecule has 1 spiro atoms. The maximum absolute atomic E-state index is 12.8. The number of rotatable bonds is 5. The first-order valence-corrected chi connectivity index (χ1v) is 11.8. The van der Waals surface area contributed by atoms with Gasteiger partial charge in [-0.2, -0.15) is 0 Å². The van der Waals surface area contributed by atoms with Gasteiger partial charge in [-0.05, 0) is 56.9 Å². The lowest BCUT2D eigenvalue weighted by Crippen LogP contribution is -2.70. The first-order valence-electron chi connectivity index (χ1n) is 11.8. The standard InChI is InChI=1S/C24H35N3O4/c1-2-25-22(28)27-15-6-13-24(14-16-30-23(29)26-24)21(27)17-31-20-11-9-19(10-12-20)18-7-4-3-5-8-18/h3-5,7-8,19-21H,2,6,9-17H2,1H3,(H,25,28)(H,26,29)/t19?,20?,21-,24+/m1/s1. The van der Waals surface area contributed by atoms with E-state index < -0.39 is 11.6 Å². The van der Waals surface area contributed by atoms with E-state index in [0.29, 0.717) is 38.6 Å². The number of cyclic esters (lactones) is 1. The van der Waals surface area contributed by atoms with Crippen molar-refractivity contribution in [3.63, 3.8) is 0 Å². The molecule has 1 saturated carbocycles. The van der Waals surface area contributed by atoms with Gasteiger partial charge in [-0.1, -0.05) is 30.3 Å². The van der Waals surface area contributed by atoms with E-state index in [-0.39, 0.29) is 18.2 Å². The van der Waals surface area contributed by atoms with Crippen LogP contribution in [0.15, 0.2) is 30.3 Å². The third kappa shape index (κ3) is 4.97. The van der Waals surface area contributed by atoms with Crippen LogP contribution < -0.4 is 10.6 Å². The zero-order chi connectivity index (χ0) is 21.7. The molecule has 2 saturated heterocycles. The van der Waals surface area contributed by atoms with Crippen LogP contribution in [0.2, 0.25) is 0 Å². The summed E-state index contributed by atoms with van der Waals surface area (Å²) in [6.07, 6.45) is 6.49.